The molecule has 1 aliphatic rings. The maximum Gasteiger partial charge on any atom is 0.105 e. The summed E-state index contributed by atoms with van der Waals surface area (Å²) in [5.74, 6) is 3.86. The van der Waals surface area contributed by atoms with Gasteiger partial charge in [-0.2, -0.15) is 0 Å². The molecule has 19 heavy (non-hydrogen) atoms. The summed E-state index contributed by atoms with van der Waals surface area (Å²) < 4.78 is 5.63. The quantitative estimate of drug-likeness (QED) is 0.847. The van der Waals surface area contributed by atoms with Crippen molar-refractivity contribution in [3.05, 3.63) is 23.2 Å². The molecule has 0 radical (unpaired) electrons. The summed E-state index contributed by atoms with van der Waals surface area (Å²) in [6.07, 6.45) is 5.41. The van der Waals surface area contributed by atoms with Gasteiger partial charge in [0.1, 0.15) is 11.5 Å². The molecule has 1 N–H and O–H groups in total. The van der Waals surface area contributed by atoms with Gasteiger partial charge in [0.2, 0.25) is 0 Å². The van der Waals surface area contributed by atoms with Crippen molar-refractivity contribution >= 4 is 0 Å². The van der Waals surface area contributed by atoms with E-state index in [2.05, 4.69) is 39.1 Å². The second-order valence-corrected chi connectivity index (χ2v) is 6.61. The smallest absolute Gasteiger partial charge is 0.105 e. The minimum absolute atomic E-state index is 0.401. The Hall–Kier alpha value is -0.760. The predicted molar refractivity (Wildman–Crippen MR) is 80.3 cm³/mol. The standard InChI is InChI=1S/C17H29NO/c1-11(2)15-6-8-16(9-7-15)18-13(4)17-10-12(3)19-14(17)5/h10-11,13,15-16,18H,6-9H2,1-5H3. The molecular formula is C17H29NO. The van der Waals surface area contributed by atoms with Crippen molar-refractivity contribution in [3.63, 3.8) is 0 Å². The summed E-state index contributed by atoms with van der Waals surface area (Å²) in [6.45, 7) is 11.1. The van der Waals surface area contributed by atoms with Crippen LogP contribution >= 0.6 is 0 Å². The summed E-state index contributed by atoms with van der Waals surface area (Å²) in [4.78, 5) is 0. The summed E-state index contributed by atoms with van der Waals surface area (Å²) in [6, 6.07) is 3.25. The number of hydrogen-bond donors (Lipinski definition) is 1. The zero-order valence-corrected chi connectivity index (χ0v) is 13.1. The molecule has 2 heteroatoms. The lowest BCUT2D eigenvalue weighted by atomic mass is 9.79. The van der Waals surface area contributed by atoms with E-state index in [4.69, 9.17) is 4.42 Å². The average molecular weight is 263 g/mol. The molecule has 1 heterocycles. The highest BCUT2D eigenvalue weighted by molar-refractivity contribution is 5.23. The van der Waals surface area contributed by atoms with Gasteiger partial charge in [-0.1, -0.05) is 13.8 Å². The van der Waals surface area contributed by atoms with Gasteiger partial charge in [0, 0.05) is 17.6 Å². The van der Waals surface area contributed by atoms with Crippen LogP contribution in [-0.2, 0) is 0 Å². The predicted octanol–water partition coefficient (Wildman–Crippen LogP) is 4.76. The first-order valence-corrected chi connectivity index (χ1v) is 7.80. The van der Waals surface area contributed by atoms with Crippen molar-refractivity contribution in [2.45, 2.75) is 72.4 Å². The maximum atomic E-state index is 5.63. The van der Waals surface area contributed by atoms with E-state index in [1.54, 1.807) is 0 Å². The van der Waals surface area contributed by atoms with Crippen LogP contribution in [0.5, 0.6) is 0 Å². The fraction of sp³-hybridized carbons (Fsp3) is 0.765. The molecule has 1 atom stereocenters. The van der Waals surface area contributed by atoms with Crippen LogP contribution in [0.3, 0.4) is 0 Å². The van der Waals surface area contributed by atoms with Crippen LogP contribution in [-0.4, -0.2) is 6.04 Å². The normalized spacial score (nSPS) is 25.8. The van der Waals surface area contributed by atoms with E-state index in [0.717, 1.165) is 23.4 Å². The van der Waals surface area contributed by atoms with Gasteiger partial charge in [0.15, 0.2) is 0 Å². The van der Waals surface area contributed by atoms with Crippen LogP contribution < -0.4 is 5.32 Å². The molecular weight excluding hydrogens is 234 g/mol. The zero-order chi connectivity index (χ0) is 14.0. The minimum atomic E-state index is 0.401. The summed E-state index contributed by atoms with van der Waals surface area (Å²) in [5, 5.41) is 3.79. The number of rotatable bonds is 4. The lowest BCUT2D eigenvalue weighted by Gasteiger charge is -2.33. The highest BCUT2D eigenvalue weighted by Gasteiger charge is 2.24. The third-order valence-corrected chi connectivity index (χ3v) is 4.75. The van der Waals surface area contributed by atoms with Gasteiger partial charge in [-0.05, 0) is 64.4 Å². The zero-order valence-electron chi connectivity index (χ0n) is 13.1. The number of nitrogens with one attached hydrogen (secondary N) is 1. The molecule has 0 aromatic carbocycles. The van der Waals surface area contributed by atoms with Gasteiger partial charge in [-0.25, -0.2) is 0 Å². The molecule has 1 aromatic heterocycles. The van der Waals surface area contributed by atoms with Crippen LogP contribution in [0.4, 0.5) is 0 Å². The molecule has 1 unspecified atom stereocenters. The Labute approximate surface area is 118 Å². The Morgan fingerprint density at radius 3 is 2.21 bits per heavy atom. The Bertz CT molecular complexity index is 399. The molecule has 1 aliphatic carbocycles. The second-order valence-electron chi connectivity index (χ2n) is 6.61. The Balaban J connectivity index is 1.87. The first-order chi connectivity index (χ1) is 8.97. The van der Waals surface area contributed by atoms with Crippen molar-refractivity contribution in [1.82, 2.24) is 5.32 Å². The second kappa shape index (κ2) is 6.13. The van der Waals surface area contributed by atoms with Gasteiger partial charge in [0.25, 0.3) is 0 Å². The van der Waals surface area contributed by atoms with E-state index in [1.807, 2.05) is 6.92 Å². The molecule has 2 nitrogen and oxygen atoms in total. The van der Waals surface area contributed by atoms with Crippen LogP contribution in [0.25, 0.3) is 0 Å². The molecule has 1 fully saturated rings. The minimum Gasteiger partial charge on any atom is -0.466 e. The molecule has 2 rings (SSSR count). The van der Waals surface area contributed by atoms with E-state index in [1.165, 1.54) is 31.2 Å². The van der Waals surface area contributed by atoms with Gasteiger partial charge in [-0.3, -0.25) is 0 Å². The highest BCUT2D eigenvalue weighted by Crippen LogP contribution is 2.31. The third kappa shape index (κ3) is 3.62. The average Bonchev–Trinajstić information content (AvgIpc) is 2.69. The molecule has 1 aromatic rings. The molecule has 0 spiro atoms. The van der Waals surface area contributed by atoms with Gasteiger partial charge in [0.05, 0.1) is 0 Å². The van der Waals surface area contributed by atoms with Crippen molar-refractivity contribution < 1.29 is 4.42 Å². The van der Waals surface area contributed by atoms with Crippen LogP contribution in [0.1, 0.15) is 69.6 Å². The number of aryl methyl sites for hydroxylation is 2. The molecule has 1 saturated carbocycles. The van der Waals surface area contributed by atoms with E-state index >= 15 is 0 Å². The lowest BCUT2D eigenvalue weighted by Crippen LogP contribution is -2.35. The molecule has 0 saturated heterocycles. The first-order valence-electron chi connectivity index (χ1n) is 7.80. The Kier molecular flexibility index (Phi) is 4.72. The topological polar surface area (TPSA) is 25.2 Å². The van der Waals surface area contributed by atoms with Crippen molar-refractivity contribution in [2.24, 2.45) is 11.8 Å². The van der Waals surface area contributed by atoms with E-state index in [9.17, 15) is 0 Å². The van der Waals surface area contributed by atoms with Gasteiger partial charge in [-0.15, -0.1) is 0 Å². The van der Waals surface area contributed by atoms with Crippen LogP contribution in [0.2, 0.25) is 0 Å². The first kappa shape index (κ1) is 14.6. The van der Waals surface area contributed by atoms with E-state index in [-0.39, 0.29) is 0 Å². The van der Waals surface area contributed by atoms with E-state index in [0.29, 0.717) is 12.1 Å². The van der Waals surface area contributed by atoms with Crippen molar-refractivity contribution in [2.75, 3.05) is 0 Å². The van der Waals surface area contributed by atoms with Crippen LogP contribution in [0.15, 0.2) is 10.5 Å². The number of hydrogen-bond acceptors (Lipinski definition) is 2. The summed E-state index contributed by atoms with van der Waals surface area (Å²) in [7, 11) is 0. The molecule has 0 bridgehead atoms. The Morgan fingerprint density at radius 2 is 1.74 bits per heavy atom. The number of furan rings is 1. The molecule has 108 valence electrons. The maximum absolute atomic E-state index is 5.63. The van der Waals surface area contributed by atoms with Crippen LogP contribution in [0, 0.1) is 25.7 Å². The third-order valence-electron chi connectivity index (χ3n) is 4.75. The molecule has 0 aliphatic heterocycles. The largest absolute Gasteiger partial charge is 0.466 e. The fourth-order valence-electron chi connectivity index (χ4n) is 3.48. The van der Waals surface area contributed by atoms with E-state index < -0.39 is 0 Å². The molecule has 0 amide bonds. The van der Waals surface area contributed by atoms with Crippen molar-refractivity contribution in [1.29, 1.82) is 0 Å². The fourth-order valence-corrected chi connectivity index (χ4v) is 3.48. The summed E-state index contributed by atoms with van der Waals surface area (Å²) in [5.41, 5.74) is 1.32. The monoisotopic (exact) mass is 263 g/mol. The Morgan fingerprint density at radius 1 is 1.11 bits per heavy atom. The SMILES string of the molecule is Cc1cc(C(C)NC2CCC(C(C)C)CC2)c(C)o1. The van der Waals surface area contributed by atoms with Crippen molar-refractivity contribution in [3.8, 4) is 0 Å². The van der Waals surface area contributed by atoms with Gasteiger partial charge < -0.3 is 9.73 Å². The lowest BCUT2D eigenvalue weighted by molar-refractivity contribution is 0.230. The van der Waals surface area contributed by atoms with Gasteiger partial charge >= 0.3 is 0 Å². The highest BCUT2D eigenvalue weighted by atomic mass is 16.3. The summed E-state index contributed by atoms with van der Waals surface area (Å²) >= 11 is 0.